The number of thioether (sulfide) groups is 1. The van der Waals surface area contributed by atoms with Crippen LogP contribution in [0, 0.1) is 5.41 Å². The summed E-state index contributed by atoms with van der Waals surface area (Å²) < 4.78 is 0. The van der Waals surface area contributed by atoms with Crippen molar-refractivity contribution >= 4 is 17.6 Å². The summed E-state index contributed by atoms with van der Waals surface area (Å²) in [5.74, 6) is 0.211. The van der Waals surface area contributed by atoms with Crippen molar-refractivity contribution in [1.82, 2.24) is 0 Å². The fourth-order valence-corrected chi connectivity index (χ4v) is 3.03. The minimum atomic E-state index is 0.204. The van der Waals surface area contributed by atoms with Crippen LogP contribution in [0.25, 0.3) is 0 Å². The summed E-state index contributed by atoms with van der Waals surface area (Å²) in [6.07, 6.45) is 1.33. The SMILES string of the molecule is CC(CCO)SC(CC(=N)N)c1ccccc1. The monoisotopic (exact) mass is 252 g/mol. The van der Waals surface area contributed by atoms with Gasteiger partial charge in [0.1, 0.15) is 0 Å². The lowest BCUT2D eigenvalue weighted by Crippen LogP contribution is -2.15. The van der Waals surface area contributed by atoms with Gasteiger partial charge in [0.15, 0.2) is 0 Å². The van der Waals surface area contributed by atoms with Gasteiger partial charge in [-0.25, -0.2) is 0 Å². The standard InChI is InChI=1S/C13H20N2OS/c1-10(7-8-16)17-12(9-13(14)15)11-5-3-2-4-6-11/h2-6,10,12,16H,7-9H2,1H3,(H3,14,15). The van der Waals surface area contributed by atoms with Crippen LogP contribution < -0.4 is 5.73 Å². The van der Waals surface area contributed by atoms with E-state index in [1.165, 1.54) is 5.56 Å². The second kappa shape index (κ2) is 7.35. The van der Waals surface area contributed by atoms with E-state index in [2.05, 4.69) is 19.1 Å². The topological polar surface area (TPSA) is 70.1 Å². The summed E-state index contributed by atoms with van der Waals surface area (Å²) >= 11 is 1.77. The van der Waals surface area contributed by atoms with E-state index in [-0.39, 0.29) is 17.7 Å². The number of nitrogens with one attached hydrogen (secondary N) is 1. The lowest BCUT2D eigenvalue weighted by molar-refractivity contribution is 0.289. The Bertz CT molecular complexity index is 343. The average molecular weight is 252 g/mol. The third kappa shape index (κ3) is 5.24. The summed E-state index contributed by atoms with van der Waals surface area (Å²) in [7, 11) is 0. The molecule has 1 aromatic carbocycles. The van der Waals surface area contributed by atoms with Gasteiger partial charge in [-0.15, -0.1) is 0 Å². The van der Waals surface area contributed by atoms with Gasteiger partial charge < -0.3 is 10.8 Å². The van der Waals surface area contributed by atoms with Crippen LogP contribution in [0.4, 0.5) is 0 Å². The van der Waals surface area contributed by atoms with Gasteiger partial charge in [-0.3, -0.25) is 5.41 Å². The van der Waals surface area contributed by atoms with Crippen molar-refractivity contribution in [3.05, 3.63) is 35.9 Å². The fraction of sp³-hybridized carbons (Fsp3) is 0.462. The molecule has 0 aliphatic carbocycles. The Morgan fingerprint density at radius 3 is 2.59 bits per heavy atom. The summed E-state index contributed by atoms with van der Waals surface area (Å²) in [4.78, 5) is 0. The molecule has 94 valence electrons. The Hall–Kier alpha value is -1.00. The second-order valence-electron chi connectivity index (χ2n) is 4.09. The van der Waals surface area contributed by atoms with Crippen molar-refractivity contribution in [2.75, 3.05) is 6.61 Å². The lowest BCUT2D eigenvalue weighted by Gasteiger charge is -2.20. The first kappa shape index (κ1) is 14.1. The van der Waals surface area contributed by atoms with E-state index in [4.69, 9.17) is 16.2 Å². The zero-order valence-electron chi connectivity index (χ0n) is 10.1. The summed E-state index contributed by atoms with van der Waals surface area (Å²) in [5.41, 5.74) is 6.69. The molecule has 0 saturated carbocycles. The molecule has 1 rings (SSSR count). The van der Waals surface area contributed by atoms with E-state index < -0.39 is 0 Å². The number of rotatable bonds is 7. The van der Waals surface area contributed by atoms with Crippen LogP contribution in [0.3, 0.4) is 0 Å². The largest absolute Gasteiger partial charge is 0.396 e. The molecule has 0 fully saturated rings. The molecular weight excluding hydrogens is 232 g/mol. The van der Waals surface area contributed by atoms with E-state index in [1.807, 2.05) is 18.2 Å². The number of hydrogen-bond donors (Lipinski definition) is 3. The molecule has 1 aromatic rings. The van der Waals surface area contributed by atoms with Crippen LogP contribution >= 0.6 is 11.8 Å². The number of aliphatic hydroxyl groups excluding tert-OH is 1. The van der Waals surface area contributed by atoms with E-state index in [1.54, 1.807) is 11.8 Å². The Balaban J connectivity index is 2.70. The van der Waals surface area contributed by atoms with Crippen LogP contribution in [-0.4, -0.2) is 22.8 Å². The highest BCUT2D eigenvalue weighted by atomic mass is 32.2. The van der Waals surface area contributed by atoms with Gasteiger partial charge in [-0.2, -0.15) is 11.8 Å². The minimum absolute atomic E-state index is 0.204. The van der Waals surface area contributed by atoms with Gasteiger partial charge in [-0.05, 0) is 12.0 Å². The van der Waals surface area contributed by atoms with Gasteiger partial charge >= 0.3 is 0 Å². The Kier molecular flexibility index (Phi) is 6.08. The highest BCUT2D eigenvalue weighted by Crippen LogP contribution is 2.35. The Morgan fingerprint density at radius 2 is 2.06 bits per heavy atom. The number of aliphatic hydroxyl groups is 1. The van der Waals surface area contributed by atoms with Gasteiger partial charge in [-0.1, -0.05) is 37.3 Å². The maximum atomic E-state index is 8.92. The molecule has 2 atom stereocenters. The van der Waals surface area contributed by atoms with E-state index in [0.717, 1.165) is 6.42 Å². The molecule has 0 saturated heterocycles. The summed E-state index contributed by atoms with van der Waals surface area (Å²) in [5, 5.41) is 16.9. The van der Waals surface area contributed by atoms with E-state index in [0.29, 0.717) is 11.7 Å². The number of benzene rings is 1. The van der Waals surface area contributed by atoms with E-state index >= 15 is 0 Å². The third-order valence-electron chi connectivity index (χ3n) is 2.51. The van der Waals surface area contributed by atoms with Crippen molar-refractivity contribution in [3.63, 3.8) is 0 Å². The maximum Gasteiger partial charge on any atom is 0.0919 e. The van der Waals surface area contributed by atoms with Gasteiger partial charge in [0.2, 0.25) is 0 Å². The zero-order valence-corrected chi connectivity index (χ0v) is 10.9. The average Bonchev–Trinajstić information content (AvgIpc) is 2.29. The van der Waals surface area contributed by atoms with Crippen LogP contribution in [0.5, 0.6) is 0 Å². The van der Waals surface area contributed by atoms with Crippen molar-refractivity contribution in [2.45, 2.75) is 30.3 Å². The minimum Gasteiger partial charge on any atom is -0.396 e. The molecule has 0 aliphatic heterocycles. The van der Waals surface area contributed by atoms with E-state index in [9.17, 15) is 0 Å². The summed E-state index contributed by atoms with van der Waals surface area (Å²) in [6, 6.07) is 10.1. The molecule has 0 heterocycles. The molecule has 0 aliphatic rings. The molecule has 0 amide bonds. The molecule has 0 bridgehead atoms. The fourth-order valence-electron chi connectivity index (χ4n) is 1.64. The molecule has 3 nitrogen and oxygen atoms in total. The molecule has 0 spiro atoms. The molecule has 0 radical (unpaired) electrons. The van der Waals surface area contributed by atoms with Crippen LogP contribution in [-0.2, 0) is 0 Å². The summed E-state index contributed by atoms with van der Waals surface area (Å²) in [6.45, 7) is 2.30. The first-order chi connectivity index (χ1) is 8.13. The van der Waals surface area contributed by atoms with Crippen LogP contribution in [0.2, 0.25) is 0 Å². The zero-order chi connectivity index (χ0) is 12.7. The maximum absolute atomic E-state index is 8.92. The highest BCUT2D eigenvalue weighted by molar-refractivity contribution is 8.00. The molecule has 4 heteroatoms. The Labute approximate surface area is 107 Å². The first-order valence-electron chi connectivity index (χ1n) is 5.77. The highest BCUT2D eigenvalue weighted by Gasteiger charge is 2.16. The first-order valence-corrected chi connectivity index (χ1v) is 6.72. The molecular formula is C13H20N2OS. The van der Waals surface area contributed by atoms with Gasteiger partial charge in [0, 0.05) is 23.5 Å². The van der Waals surface area contributed by atoms with Crippen molar-refractivity contribution in [3.8, 4) is 0 Å². The normalized spacial score (nSPS) is 14.2. The molecule has 2 unspecified atom stereocenters. The lowest BCUT2D eigenvalue weighted by atomic mass is 10.1. The molecule has 4 N–H and O–H groups in total. The van der Waals surface area contributed by atoms with Crippen molar-refractivity contribution < 1.29 is 5.11 Å². The smallest absolute Gasteiger partial charge is 0.0919 e. The number of hydrogen-bond acceptors (Lipinski definition) is 3. The van der Waals surface area contributed by atoms with Crippen LogP contribution in [0.15, 0.2) is 30.3 Å². The molecule has 0 aromatic heterocycles. The number of nitrogens with two attached hydrogens (primary N) is 1. The van der Waals surface area contributed by atoms with Gasteiger partial charge in [0.05, 0.1) is 5.84 Å². The van der Waals surface area contributed by atoms with Crippen molar-refractivity contribution in [1.29, 1.82) is 5.41 Å². The predicted molar refractivity (Wildman–Crippen MR) is 74.5 cm³/mol. The van der Waals surface area contributed by atoms with Crippen molar-refractivity contribution in [2.24, 2.45) is 5.73 Å². The van der Waals surface area contributed by atoms with Crippen LogP contribution in [0.1, 0.15) is 30.6 Å². The number of amidine groups is 1. The quantitative estimate of drug-likeness (QED) is 0.516. The predicted octanol–water partition coefficient (Wildman–Crippen LogP) is 2.56. The van der Waals surface area contributed by atoms with Gasteiger partial charge in [0.25, 0.3) is 0 Å². The second-order valence-corrected chi connectivity index (χ2v) is 5.73. The Morgan fingerprint density at radius 1 is 1.41 bits per heavy atom. The molecule has 17 heavy (non-hydrogen) atoms. The third-order valence-corrected chi connectivity index (χ3v) is 3.98.